The Kier molecular flexibility index (Phi) is 4.56. The van der Waals surface area contributed by atoms with E-state index in [1.165, 1.54) is 6.07 Å². The van der Waals surface area contributed by atoms with E-state index in [2.05, 4.69) is 0 Å². The van der Waals surface area contributed by atoms with Gasteiger partial charge in [-0.2, -0.15) is 11.8 Å². The van der Waals surface area contributed by atoms with Crippen LogP contribution in [0, 0.1) is 12.8 Å². The van der Waals surface area contributed by atoms with Gasteiger partial charge in [0, 0.05) is 11.8 Å². The van der Waals surface area contributed by atoms with E-state index < -0.39 is 23.4 Å². The number of hydrogen-bond donors (Lipinski definition) is 1. The topological polar surface area (TPSA) is 89.5 Å². The van der Waals surface area contributed by atoms with Gasteiger partial charge in [-0.15, -0.1) is 4.74 Å². The highest BCUT2D eigenvalue weighted by atomic mass is 32.2. The predicted octanol–water partition coefficient (Wildman–Crippen LogP) is 0.844. The zero-order chi connectivity index (χ0) is 13.0. The van der Waals surface area contributed by atoms with E-state index in [0.29, 0.717) is 16.3 Å². The van der Waals surface area contributed by atoms with Crippen molar-refractivity contribution in [1.29, 1.82) is 0 Å². The number of nitrogens with zero attached hydrogens (tertiary/aromatic N) is 1. The number of aliphatic carboxylic acids is 1. The summed E-state index contributed by atoms with van der Waals surface area (Å²) in [6, 6.07) is 1.22. The van der Waals surface area contributed by atoms with Crippen LogP contribution in [0.1, 0.15) is 17.5 Å². The van der Waals surface area contributed by atoms with Crippen molar-refractivity contribution < 1.29 is 19.2 Å². The van der Waals surface area contributed by atoms with E-state index in [1.807, 2.05) is 0 Å². The van der Waals surface area contributed by atoms with Crippen molar-refractivity contribution >= 4 is 23.6 Å². The summed E-state index contributed by atoms with van der Waals surface area (Å²) in [5.41, 5.74) is -0.501. The second-order valence-electron chi connectivity index (χ2n) is 3.63. The van der Waals surface area contributed by atoms with Gasteiger partial charge in [0.05, 0.1) is 11.7 Å². The highest BCUT2D eigenvalue weighted by Gasteiger charge is 2.15. The van der Waals surface area contributed by atoms with E-state index in [9.17, 15) is 14.4 Å². The molecule has 94 valence electrons. The molecule has 1 heterocycles. The number of thioether (sulfide) groups is 1. The number of carboxylic acids is 1. The average Bonchev–Trinajstić information content (AvgIpc) is 2.57. The molecule has 0 spiro atoms. The third-order valence-corrected chi connectivity index (χ3v) is 3.19. The van der Waals surface area contributed by atoms with Crippen molar-refractivity contribution in [2.75, 3.05) is 11.5 Å². The van der Waals surface area contributed by atoms with E-state index in [0.717, 1.165) is 11.8 Å². The van der Waals surface area contributed by atoms with Crippen LogP contribution in [-0.2, 0) is 4.79 Å². The molecule has 17 heavy (non-hydrogen) atoms. The van der Waals surface area contributed by atoms with Gasteiger partial charge in [-0.05, 0) is 6.92 Å². The minimum Gasteiger partial charge on any atom is -0.481 e. The Morgan fingerprint density at radius 1 is 1.59 bits per heavy atom. The number of carbonyl (C=O) groups is 2. The molecule has 0 aromatic carbocycles. The van der Waals surface area contributed by atoms with Gasteiger partial charge in [0.15, 0.2) is 0 Å². The first-order valence-electron chi connectivity index (χ1n) is 4.95. The molecule has 0 saturated carbocycles. The molecule has 1 atom stereocenters. The number of aromatic nitrogens is 1. The zero-order valence-corrected chi connectivity index (χ0v) is 10.3. The largest absolute Gasteiger partial charge is 0.481 e. The molecule has 0 aliphatic rings. The third-order valence-electron chi connectivity index (χ3n) is 2.00. The quantitative estimate of drug-likeness (QED) is 0.843. The van der Waals surface area contributed by atoms with Gasteiger partial charge in [0.2, 0.25) is 0 Å². The van der Waals surface area contributed by atoms with Crippen molar-refractivity contribution in [3.8, 4) is 0 Å². The third kappa shape index (κ3) is 3.77. The summed E-state index contributed by atoms with van der Waals surface area (Å²) in [6.45, 7) is 3.13. The Balaban J connectivity index is 2.48. The molecule has 0 aliphatic heterocycles. The van der Waals surface area contributed by atoms with Crippen LogP contribution in [-0.4, -0.2) is 33.2 Å². The zero-order valence-electron chi connectivity index (χ0n) is 9.50. The van der Waals surface area contributed by atoms with Gasteiger partial charge in [-0.25, -0.2) is 0 Å². The lowest BCUT2D eigenvalue weighted by molar-refractivity contribution is -0.140. The maximum Gasteiger partial charge on any atom is 0.307 e. The molecule has 0 radical (unpaired) electrons. The summed E-state index contributed by atoms with van der Waals surface area (Å²) in [6.07, 6.45) is 0. The number of aryl methyl sites for hydroxylation is 1. The summed E-state index contributed by atoms with van der Waals surface area (Å²) in [4.78, 5) is 33.3. The molecule has 6 nitrogen and oxygen atoms in total. The van der Waals surface area contributed by atoms with Crippen molar-refractivity contribution in [2.45, 2.75) is 13.8 Å². The maximum absolute atomic E-state index is 11.5. The minimum atomic E-state index is -0.907. The number of rotatable bonds is 5. The van der Waals surface area contributed by atoms with Crippen LogP contribution in [0.15, 0.2) is 15.4 Å². The van der Waals surface area contributed by atoms with Gasteiger partial charge in [-0.3, -0.25) is 14.4 Å². The van der Waals surface area contributed by atoms with Crippen LogP contribution in [0.3, 0.4) is 0 Å². The molecule has 7 heteroatoms. The van der Waals surface area contributed by atoms with E-state index in [1.54, 1.807) is 13.8 Å². The van der Waals surface area contributed by atoms with Crippen LogP contribution in [0.2, 0.25) is 0 Å². The van der Waals surface area contributed by atoms with Gasteiger partial charge in [-0.1, -0.05) is 6.92 Å². The van der Waals surface area contributed by atoms with E-state index in [4.69, 9.17) is 9.63 Å². The molecule has 0 bridgehead atoms. The highest BCUT2D eigenvalue weighted by molar-refractivity contribution is 7.99. The molecule has 1 aromatic heterocycles. The fraction of sp³-hybridized carbons (Fsp3) is 0.500. The lowest BCUT2D eigenvalue weighted by Gasteiger charge is -2.04. The molecule has 1 aromatic rings. The van der Waals surface area contributed by atoms with Crippen LogP contribution in [0.4, 0.5) is 0 Å². The normalized spacial score (nSPS) is 12.4. The van der Waals surface area contributed by atoms with Gasteiger partial charge in [0.1, 0.15) is 5.76 Å². The highest BCUT2D eigenvalue weighted by Crippen LogP contribution is 2.09. The maximum atomic E-state index is 11.5. The summed E-state index contributed by atoms with van der Waals surface area (Å²) >= 11 is 1.16. The van der Waals surface area contributed by atoms with Crippen LogP contribution in [0.25, 0.3) is 0 Å². The molecule has 1 unspecified atom stereocenters. The molecular formula is C10H13NO5S. The average molecular weight is 259 g/mol. The van der Waals surface area contributed by atoms with Crippen LogP contribution in [0.5, 0.6) is 0 Å². The first kappa shape index (κ1) is 13.6. The monoisotopic (exact) mass is 259 g/mol. The first-order chi connectivity index (χ1) is 7.91. The molecule has 1 N–H and O–H groups in total. The van der Waals surface area contributed by atoms with Crippen molar-refractivity contribution in [2.24, 2.45) is 5.92 Å². The van der Waals surface area contributed by atoms with Crippen LogP contribution < -0.4 is 5.56 Å². The molecule has 0 amide bonds. The summed E-state index contributed by atoms with van der Waals surface area (Å²) in [5.74, 6) is -1.21. The second-order valence-corrected chi connectivity index (χ2v) is 4.66. The Labute approximate surface area is 102 Å². The van der Waals surface area contributed by atoms with Gasteiger partial charge in [0.25, 0.3) is 11.5 Å². The minimum absolute atomic E-state index is 0.0183. The fourth-order valence-electron chi connectivity index (χ4n) is 1.07. The van der Waals surface area contributed by atoms with Crippen molar-refractivity contribution in [1.82, 2.24) is 4.74 Å². The Morgan fingerprint density at radius 3 is 2.71 bits per heavy atom. The standard InChI is InChI=1S/C10H13NO5S/c1-6(10(14)15)4-17-5-9(13)11-8(12)3-7(2)16-11/h3,6H,4-5H2,1-2H3,(H,14,15). The SMILES string of the molecule is Cc1cc(=O)n(C(=O)CSCC(C)C(=O)O)o1. The molecule has 0 fully saturated rings. The fourth-order valence-corrected chi connectivity index (χ4v) is 1.98. The summed E-state index contributed by atoms with van der Waals surface area (Å²) in [7, 11) is 0. The number of hydrogen-bond acceptors (Lipinski definition) is 5. The molecular weight excluding hydrogens is 246 g/mol. The van der Waals surface area contributed by atoms with Crippen molar-refractivity contribution in [3.05, 3.63) is 22.2 Å². The Hall–Kier alpha value is -1.50. The lowest BCUT2D eigenvalue weighted by Crippen LogP contribution is -2.24. The molecule has 1 rings (SSSR count). The second kappa shape index (κ2) is 5.72. The Morgan fingerprint density at radius 2 is 2.24 bits per heavy atom. The number of carboxylic acid groups (broad SMARTS) is 1. The summed E-state index contributed by atoms with van der Waals surface area (Å²) < 4.78 is 5.59. The predicted molar refractivity (Wildman–Crippen MR) is 62.5 cm³/mol. The lowest BCUT2D eigenvalue weighted by atomic mass is 10.2. The smallest absolute Gasteiger partial charge is 0.307 e. The van der Waals surface area contributed by atoms with Gasteiger partial charge < -0.3 is 9.63 Å². The van der Waals surface area contributed by atoms with E-state index in [-0.39, 0.29) is 5.75 Å². The summed E-state index contributed by atoms with van der Waals surface area (Å²) in [5, 5.41) is 8.64. The number of carbonyl (C=O) groups excluding carboxylic acids is 1. The van der Waals surface area contributed by atoms with E-state index >= 15 is 0 Å². The Bertz CT molecular complexity index is 475. The van der Waals surface area contributed by atoms with Crippen molar-refractivity contribution in [3.63, 3.8) is 0 Å². The molecule has 0 aliphatic carbocycles. The van der Waals surface area contributed by atoms with Crippen LogP contribution >= 0.6 is 11.8 Å². The molecule has 0 saturated heterocycles. The first-order valence-corrected chi connectivity index (χ1v) is 6.11. The van der Waals surface area contributed by atoms with Gasteiger partial charge >= 0.3 is 5.97 Å².